The summed E-state index contributed by atoms with van der Waals surface area (Å²) in [7, 11) is 2.88. The summed E-state index contributed by atoms with van der Waals surface area (Å²) in [5, 5.41) is 4.36. The summed E-state index contributed by atoms with van der Waals surface area (Å²) in [6.07, 6.45) is 1.41. The van der Waals surface area contributed by atoms with Crippen molar-refractivity contribution in [3.8, 4) is 17.2 Å². The maximum absolute atomic E-state index is 12.0. The molecule has 0 unspecified atom stereocenters. The van der Waals surface area contributed by atoms with E-state index in [1.165, 1.54) is 26.5 Å². The Morgan fingerprint density at radius 2 is 1.85 bits per heavy atom. The summed E-state index contributed by atoms with van der Waals surface area (Å²) in [5.41, 5.74) is 8.44. The van der Waals surface area contributed by atoms with E-state index in [2.05, 4.69) is 10.5 Å². The van der Waals surface area contributed by atoms with Gasteiger partial charge in [0.15, 0.2) is 18.1 Å². The van der Waals surface area contributed by atoms with Crippen LogP contribution in [-0.4, -0.2) is 38.9 Å². The van der Waals surface area contributed by atoms with Gasteiger partial charge in [-0.05, 0) is 30.3 Å². The number of nitrogens with two attached hydrogens (primary N) is 1. The molecular formula is C18H18ClN3O5. The van der Waals surface area contributed by atoms with Crippen molar-refractivity contribution in [3.63, 3.8) is 0 Å². The average molecular weight is 392 g/mol. The molecule has 0 saturated carbocycles. The highest BCUT2D eigenvalue weighted by atomic mass is 35.5. The van der Waals surface area contributed by atoms with Crippen molar-refractivity contribution >= 4 is 29.6 Å². The zero-order valence-corrected chi connectivity index (χ0v) is 15.4. The maximum Gasteiger partial charge on any atom is 0.271 e. The van der Waals surface area contributed by atoms with Gasteiger partial charge in [-0.2, -0.15) is 5.10 Å². The molecule has 2 rings (SSSR count). The molecule has 27 heavy (non-hydrogen) atoms. The van der Waals surface area contributed by atoms with Gasteiger partial charge in [0.05, 0.1) is 20.4 Å². The fourth-order valence-electron chi connectivity index (χ4n) is 2.12. The minimum Gasteiger partial charge on any atom is -0.493 e. The third-order valence-corrected chi connectivity index (χ3v) is 3.54. The minimum atomic E-state index is -0.631. The van der Waals surface area contributed by atoms with Crippen LogP contribution in [0.15, 0.2) is 41.5 Å². The summed E-state index contributed by atoms with van der Waals surface area (Å²) in [4.78, 5) is 23.0. The molecule has 2 aromatic carbocycles. The largest absolute Gasteiger partial charge is 0.493 e. The Hall–Kier alpha value is -3.26. The molecule has 2 amide bonds. The summed E-state index contributed by atoms with van der Waals surface area (Å²) in [6.45, 7) is -0.324. The van der Waals surface area contributed by atoms with E-state index in [1.54, 1.807) is 30.3 Å². The highest BCUT2D eigenvalue weighted by molar-refractivity contribution is 6.30. The summed E-state index contributed by atoms with van der Waals surface area (Å²) in [6, 6.07) is 9.70. The smallest absolute Gasteiger partial charge is 0.271 e. The van der Waals surface area contributed by atoms with Crippen molar-refractivity contribution in [3.05, 3.63) is 52.5 Å². The second kappa shape index (κ2) is 9.44. The molecule has 0 heterocycles. The van der Waals surface area contributed by atoms with Gasteiger partial charge in [0.2, 0.25) is 5.75 Å². The molecule has 0 aliphatic heterocycles. The van der Waals surface area contributed by atoms with Crippen molar-refractivity contribution < 1.29 is 23.8 Å². The number of halogens is 1. The highest BCUT2D eigenvalue weighted by Gasteiger charge is 2.14. The Bertz CT molecular complexity index is 845. The number of rotatable bonds is 8. The van der Waals surface area contributed by atoms with Gasteiger partial charge in [-0.1, -0.05) is 17.7 Å². The lowest BCUT2D eigenvalue weighted by molar-refractivity contribution is -0.120. The quantitative estimate of drug-likeness (QED) is 0.527. The second-order valence-electron chi connectivity index (χ2n) is 5.22. The molecule has 0 atom stereocenters. The molecule has 9 heteroatoms. The Morgan fingerprint density at radius 3 is 2.41 bits per heavy atom. The number of carbonyl (C=O) groups is 2. The molecule has 0 spiro atoms. The summed E-state index contributed by atoms with van der Waals surface area (Å²) in [5.74, 6) is -0.169. The number of methoxy groups -OCH3 is 2. The number of nitrogens with one attached hydrogen (secondary N) is 1. The number of hydrazone groups is 1. The number of ether oxygens (including phenoxy) is 3. The van der Waals surface area contributed by atoms with Gasteiger partial charge in [0, 0.05) is 16.1 Å². The van der Waals surface area contributed by atoms with E-state index in [0.717, 1.165) is 0 Å². The molecule has 2 aromatic rings. The van der Waals surface area contributed by atoms with Crippen LogP contribution in [0.4, 0.5) is 0 Å². The lowest BCUT2D eigenvalue weighted by Gasteiger charge is -2.14. The predicted molar refractivity (Wildman–Crippen MR) is 101 cm³/mol. The zero-order chi connectivity index (χ0) is 19.8. The topological polar surface area (TPSA) is 112 Å². The van der Waals surface area contributed by atoms with Gasteiger partial charge < -0.3 is 19.9 Å². The van der Waals surface area contributed by atoms with Crippen LogP contribution in [0.3, 0.4) is 0 Å². The van der Waals surface area contributed by atoms with Gasteiger partial charge in [-0.15, -0.1) is 0 Å². The van der Waals surface area contributed by atoms with Crippen LogP contribution in [0.2, 0.25) is 5.02 Å². The fourth-order valence-corrected chi connectivity index (χ4v) is 2.31. The van der Waals surface area contributed by atoms with Gasteiger partial charge in [-0.25, -0.2) is 5.43 Å². The monoisotopic (exact) mass is 391 g/mol. The molecule has 0 bridgehead atoms. The Morgan fingerprint density at radius 1 is 1.19 bits per heavy atom. The molecule has 0 fully saturated rings. The third-order valence-electron chi connectivity index (χ3n) is 3.31. The van der Waals surface area contributed by atoms with Crippen LogP contribution in [0.1, 0.15) is 15.9 Å². The first-order chi connectivity index (χ1) is 12.9. The number of benzene rings is 2. The van der Waals surface area contributed by atoms with E-state index in [4.69, 9.17) is 31.5 Å². The van der Waals surface area contributed by atoms with E-state index >= 15 is 0 Å². The Labute approximate surface area is 160 Å². The van der Waals surface area contributed by atoms with Crippen LogP contribution in [-0.2, 0) is 4.79 Å². The number of hydrogen-bond acceptors (Lipinski definition) is 6. The normalized spacial score (nSPS) is 10.5. The number of hydrogen-bond donors (Lipinski definition) is 2. The second-order valence-corrected chi connectivity index (χ2v) is 5.66. The van der Waals surface area contributed by atoms with Crippen molar-refractivity contribution in [2.24, 2.45) is 10.8 Å². The van der Waals surface area contributed by atoms with Gasteiger partial charge in [0.1, 0.15) is 0 Å². The molecule has 0 aliphatic rings. The van der Waals surface area contributed by atoms with E-state index < -0.39 is 11.8 Å². The molecule has 142 valence electrons. The van der Waals surface area contributed by atoms with Gasteiger partial charge in [0.25, 0.3) is 11.8 Å². The molecular weight excluding hydrogens is 374 g/mol. The zero-order valence-electron chi connectivity index (χ0n) is 14.7. The Balaban J connectivity index is 2.16. The van der Waals surface area contributed by atoms with Crippen LogP contribution < -0.4 is 25.4 Å². The van der Waals surface area contributed by atoms with Crippen molar-refractivity contribution in [1.82, 2.24) is 5.43 Å². The first-order valence-electron chi connectivity index (χ1n) is 7.70. The lowest BCUT2D eigenvalue weighted by Crippen LogP contribution is -2.20. The van der Waals surface area contributed by atoms with E-state index in [0.29, 0.717) is 27.6 Å². The van der Waals surface area contributed by atoms with Crippen LogP contribution >= 0.6 is 11.6 Å². The van der Waals surface area contributed by atoms with E-state index in [-0.39, 0.29) is 12.4 Å². The van der Waals surface area contributed by atoms with Crippen LogP contribution in [0.5, 0.6) is 17.2 Å². The van der Waals surface area contributed by atoms with Crippen LogP contribution in [0, 0.1) is 0 Å². The number of amides is 2. The van der Waals surface area contributed by atoms with Crippen molar-refractivity contribution in [2.75, 3.05) is 20.8 Å². The molecule has 0 saturated heterocycles. The lowest BCUT2D eigenvalue weighted by atomic mass is 10.2. The minimum absolute atomic E-state index is 0.235. The SMILES string of the molecule is COc1cc(/C=N\NC(=O)c2cccc(Cl)c2)cc(OC)c1OCC(N)=O. The molecule has 0 aromatic heterocycles. The van der Waals surface area contributed by atoms with Gasteiger partial charge >= 0.3 is 0 Å². The van der Waals surface area contributed by atoms with Crippen LogP contribution in [0.25, 0.3) is 0 Å². The molecule has 0 aliphatic carbocycles. The maximum atomic E-state index is 12.0. The number of primary amides is 1. The fraction of sp³-hybridized carbons (Fsp3) is 0.167. The molecule has 3 N–H and O–H groups in total. The summed E-state index contributed by atoms with van der Waals surface area (Å²) >= 11 is 5.86. The summed E-state index contributed by atoms with van der Waals surface area (Å²) < 4.78 is 15.8. The molecule has 0 radical (unpaired) electrons. The van der Waals surface area contributed by atoms with E-state index in [9.17, 15) is 9.59 Å². The standard InChI is InChI=1S/C18H18ClN3O5/c1-25-14-6-11(7-15(26-2)17(14)27-10-16(20)23)9-21-22-18(24)12-4-3-5-13(19)8-12/h3-9H,10H2,1-2H3,(H2,20,23)(H,22,24)/b21-9-. The third kappa shape index (κ3) is 5.61. The Kier molecular flexibility index (Phi) is 7.01. The van der Waals surface area contributed by atoms with E-state index in [1.807, 2.05) is 0 Å². The number of carbonyl (C=O) groups excluding carboxylic acids is 2. The highest BCUT2D eigenvalue weighted by Crippen LogP contribution is 2.38. The van der Waals surface area contributed by atoms with Gasteiger partial charge in [-0.3, -0.25) is 9.59 Å². The predicted octanol–water partition coefficient (Wildman–Crippen LogP) is 1.99. The number of nitrogens with zero attached hydrogens (tertiary/aromatic N) is 1. The molecule has 8 nitrogen and oxygen atoms in total. The first kappa shape index (κ1) is 20.1. The van der Waals surface area contributed by atoms with Crippen molar-refractivity contribution in [2.45, 2.75) is 0 Å². The first-order valence-corrected chi connectivity index (χ1v) is 8.08. The van der Waals surface area contributed by atoms with Crippen molar-refractivity contribution in [1.29, 1.82) is 0 Å². The average Bonchev–Trinajstić information content (AvgIpc) is 2.65.